The maximum Gasteiger partial charge on any atom is 0.338 e. The molecule has 1 aliphatic rings. The molecule has 35 heavy (non-hydrogen) atoms. The molecule has 0 bridgehead atoms. The number of carbonyl (C=O) groups is 2. The Morgan fingerprint density at radius 1 is 0.943 bits per heavy atom. The highest BCUT2D eigenvalue weighted by atomic mass is 16.5. The molecule has 7 heteroatoms. The van der Waals surface area contributed by atoms with Crippen molar-refractivity contribution < 1.29 is 19.1 Å². The maximum absolute atomic E-state index is 13.2. The van der Waals surface area contributed by atoms with Crippen LogP contribution in [0.1, 0.15) is 33.9 Å². The SMILES string of the molecule is COc1ccc([C@H]2CC(c3ccc4ccccc4c3)=NN2C(=O)COC(=O)c2ccncc2)cc1. The van der Waals surface area contributed by atoms with Gasteiger partial charge in [0.05, 0.1) is 24.4 Å². The van der Waals surface area contributed by atoms with E-state index in [1.54, 1.807) is 19.2 Å². The van der Waals surface area contributed by atoms with E-state index < -0.39 is 18.5 Å². The van der Waals surface area contributed by atoms with Gasteiger partial charge in [0.25, 0.3) is 5.91 Å². The lowest BCUT2D eigenvalue weighted by atomic mass is 9.97. The van der Waals surface area contributed by atoms with Gasteiger partial charge >= 0.3 is 5.97 Å². The van der Waals surface area contributed by atoms with Crippen molar-refractivity contribution in [2.45, 2.75) is 12.5 Å². The number of hydrazone groups is 1. The minimum atomic E-state index is -0.584. The summed E-state index contributed by atoms with van der Waals surface area (Å²) in [6.45, 7) is -0.414. The molecule has 0 aliphatic carbocycles. The van der Waals surface area contributed by atoms with Crippen LogP contribution < -0.4 is 4.74 Å². The summed E-state index contributed by atoms with van der Waals surface area (Å²) >= 11 is 0. The van der Waals surface area contributed by atoms with E-state index in [1.165, 1.54) is 17.4 Å². The fourth-order valence-electron chi connectivity index (χ4n) is 4.13. The normalized spacial score (nSPS) is 15.1. The third-order valence-corrected chi connectivity index (χ3v) is 5.99. The molecule has 0 spiro atoms. The van der Waals surface area contributed by atoms with Crippen LogP contribution >= 0.6 is 0 Å². The summed E-state index contributed by atoms with van der Waals surface area (Å²) in [5.41, 5.74) is 3.00. The second kappa shape index (κ2) is 9.77. The molecule has 1 amide bonds. The summed E-state index contributed by atoms with van der Waals surface area (Å²) in [5, 5.41) is 8.34. The smallest absolute Gasteiger partial charge is 0.338 e. The van der Waals surface area contributed by atoms with Gasteiger partial charge in [-0.05, 0) is 52.2 Å². The number of nitrogens with zero attached hydrogens (tertiary/aromatic N) is 3. The number of esters is 1. The number of rotatable bonds is 6. The predicted molar refractivity (Wildman–Crippen MR) is 132 cm³/mol. The van der Waals surface area contributed by atoms with Crippen molar-refractivity contribution in [1.82, 2.24) is 9.99 Å². The lowest BCUT2D eigenvalue weighted by molar-refractivity contribution is -0.136. The van der Waals surface area contributed by atoms with Crippen LogP contribution in [0.25, 0.3) is 10.8 Å². The van der Waals surface area contributed by atoms with Crippen LogP contribution in [-0.2, 0) is 9.53 Å². The van der Waals surface area contributed by atoms with E-state index in [2.05, 4.69) is 34.4 Å². The first-order chi connectivity index (χ1) is 17.1. The van der Waals surface area contributed by atoms with Gasteiger partial charge in [-0.25, -0.2) is 9.80 Å². The molecule has 0 saturated heterocycles. The zero-order valence-corrected chi connectivity index (χ0v) is 19.1. The van der Waals surface area contributed by atoms with Crippen LogP contribution in [0.15, 0.2) is 96.4 Å². The Labute approximate surface area is 202 Å². The van der Waals surface area contributed by atoms with Gasteiger partial charge in [0.2, 0.25) is 0 Å². The van der Waals surface area contributed by atoms with Crippen molar-refractivity contribution in [3.63, 3.8) is 0 Å². The van der Waals surface area contributed by atoms with Crippen molar-refractivity contribution in [3.05, 3.63) is 108 Å². The Kier molecular flexibility index (Phi) is 6.22. The maximum atomic E-state index is 13.2. The van der Waals surface area contributed by atoms with E-state index in [1.807, 2.05) is 42.5 Å². The summed E-state index contributed by atoms with van der Waals surface area (Å²) in [6, 6.07) is 24.6. The topological polar surface area (TPSA) is 81.1 Å². The highest BCUT2D eigenvalue weighted by Crippen LogP contribution is 2.34. The Balaban J connectivity index is 1.41. The lowest BCUT2D eigenvalue weighted by Crippen LogP contribution is -2.31. The van der Waals surface area contributed by atoms with Crippen molar-refractivity contribution in [2.24, 2.45) is 5.10 Å². The second-order valence-corrected chi connectivity index (χ2v) is 8.15. The Morgan fingerprint density at radius 2 is 1.69 bits per heavy atom. The average Bonchev–Trinajstić information content (AvgIpc) is 3.37. The van der Waals surface area contributed by atoms with Crippen LogP contribution in [0.2, 0.25) is 0 Å². The quantitative estimate of drug-likeness (QED) is 0.383. The van der Waals surface area contributed by atoms with Gasteiger partial charge in [0.1, 0.15) is 5.75 Å². The Hall–Kier alpha value is -4.52. The standard InChI is InChI=1S/C28H23N3O4/c1-34-24-10-8-20(9-11-24)26-17-25(23-7-6-19-4-2-3-5-22(19)16-23)30-31(26)27(32)18-35-28(33)21-12-14-29-15-13-21/h2-16,26H,17-18H2,1H3/t26-/m1/s1. The zero-order chi connectivity index (χ0) is 24.2. The number of pyridine rings is 1. The number of fused-ring (bicyclic) bond motifs is 1. The number of methoxy groups -OCH3 is 1. The third kappa shape index (κ3) is 4.75. The largest absolute Gasteiger partial charge is 0.497 e. The van der Waals surface area contributed by atoms with Gasteiger partial charge in [-0.3, -0.25) is 9.78 Å². The number of carbonyl (C=O) groups excluding carboxylic acids is 2. The highest BCUT2D eigenvalue weighted by molar-refractivity contribution is 6.05. The number of hydrogen-bond acceptors (Lipinski definition) is 6. The van der Waals surface area contributed by atoms with Crippen molar-refractivity contribution in [1.29, 1.82) is 0 Å². The predicted octanol–water partition coefficient (Wildman–Crippen LogP) is 4.78. The molecular formula is C28H23N3O4. The van der Waals surface area contributed by atoms with Crippen molar-refractivity contribution in [3.8, 4) is 5.75 Å². The first kappa shape index (κ1) is 22.3. The van der Waals surface area contributed by atoms with Crippen LogP contribution in [0.4, 0.5) is 0 Å². The molecule has 3 aromatic carbocycles. The molecule has 0 radical (unpaired) electrons. The summed E-state index contributed by atoms with van der Waals surface area (Å²) < 4.78 is 10.5. The van der Waals surface area contributed by atoms with Crippen LogP contribution in [0, 0.1) is 0 Å². The molecule has 7 nitrogen and oxygen atoms in total. The summed E-state index contributed by atoms with van der Waals surface area (Å²) in [5.74, 6) is -0.254. The number of amides is 1. The molecule has 1 atom stereocenters. The minimum Gasteiger partial charge on any atom is -0.497 e. The van der Waals surface area contributed by atoms with Crippen LogP contribution in [-0.4, -0.2) is 41.3 Å². The molecule has 174 valence electrons. The van der Waals surface area contributed by atoms with E-state index >= 15 is 0 Å². The Bertz CT molecular complexity index is 1400. The van der Waals surface area contributed by atoms with E-state index in [0.29, 0.717) is 12.0 Å². The molecule has 2 heterocycles. The number of aromatic nitrogens is 1. The molecule has 1 aliphatic heterocycles. The molecule has 1 aromatic heterocycles. The highest BCUT2D eigenvalue weighted by Gasteiger charge is 2.33. The van der Waals surface area contributed by atoms with Gasteiger partial charge in [-0.2, -0.15) is 5.10 Å². The zero-order valence-electron chi connectivity index (χ0n) is 19.1. The van der Waals surface area contributed by atoms with Gasteiger partial charge in [0.15, 0.2) is 6.61 Å². The molecule has 0 N–H and O–H groups in total. The number of ether oxygens (including phenoxy) is 2. The molecule has 0 unspecified atom stereocenters. The van der Waals surface area contributed by atoms with E-state index in [0.717, 1.165) is 33.4 Å². The van der Waals surface area contributed by atoms with Gasteiger partial charge < -0.3 is 9.47 Å². The van der Waals surface area contributed by atoms with Gasteiger partial charge in [-0.15, -0.1) is 0 Å². The fourth-order valence-corrected chi connectivity index (χ4v) is 4.13. The van der Waals surface area contributed by atoms with E-state index in [4.69, 9.17) is 9.47 Å². The van der Waals surface area contributed by atoms with Crippen molar-refractivity contribution >= 4 is 28.4 Å². The molecule has 0 saturated carbocycles. The molecule has 4 aromatic rings. The lowest BCUT2D eigenvalue weighted by Gasteiger charge is -2.22. The van der Waals surface area contributed by atoms with E-state index in [9.17, 15) is 9.59 Å². The molecular weight excluding hydrogens is 442 g/mol. The summed E-state index contributed by atoms with van der Waals surface area (Å²) in [6.07, 6.45) is 3.53. The second-order valence-electron chi connectivity index (χ2n) is 8.15. The summed E-state index contributed by atoms with van der Waals surface area (Å²) in [7, 11) is 1.61. The molecule has 0 fully saturated rings. The number of benzene rings is 3. The van der Waals surface area contributed by atoms with Gasteiger partial charge in [-0.1, -0.05) is 48.5 Å². The fraction of sp³-hybridized carbons (Fsp3) is 0.143. The first-order valence-electron chi connectivity index (χ1n) is 11.2. The van der Waals surface area contributed by atoms with Crippen LogP contribution in [0.5, 0.6) is 5.75 Å². The first-order valence-corrected chi connectivity index (χ1v) is 11.2. The molecule has 5 rings (SSSR count). The van der Waals surface area contributed by atoms with E-state index in [-0.39, 0.29) is 6.04 Å². The average molecular weight is 466 g/mol. The Morgan fingerprint density at radius 3 is 2.43 bits per heavy atom. The third-order valence-electron chi connectivity index (χ3n) is 5.99. The summed E-state index contributed by atoms with van der Waals surface area (Å²) in [4.78, 5) is 29.4. The minimum absolute atomic E-state index is 0.325. The number of hydrogen-bond donors (Lipinski definition) is 0. The monoisotopic (exact) mass is 465 g/mol. The van der Waals surface area contributed by atoms with Gasteiger partial charge in [0, 0.05) is 18.8 Å². The van der Waals surface area contributed by atoms with Crippen LogP contribution in [0.3, 0.4) is 0 Å². The van der Waals surface area contributed by atoms with Crippen molar-refractivity contribution in [2.75, 3.05) is 13.7 Å².